The number of nitrogens with zero attached hydrogens (tertiary/aromatic N) is 4. The van der Waals surface area contributed by atoms with Gasteiger partial charge in [-0.2, -0.15) is 0 Å². The van der Waals surface area contributed by atoms with E-state index in [1.807, 2.05) is 49.7 Å². The lowest BCUT2D eigenvalue weighted by Gasteiger charge is -2.25. The normalized spacial score (nSPS) is 15.6. The number of aromatic nitrogens is 5. The number of ether oxygens (including phenoxy) is 2. The molecule has 1 N–H and O–H groups in total. The molecule has 4 heterocycles. The Morgan fingerprint density at radius 1 is 1.27 bits per heavy atom. The number of H-pyrrole nitrogens is 1. The number of thioether (sulfide) groups is 1. The second-order valence-corrected chi connectivity index (χ2v) is 9.17. The number of nitrogens with one attached hydrogen (secondary N) is 1. The number of aryl methyl sites for hydroxylation is 2. The number of hydrogen-bond acceptors (Lipinski definition) is 8. The maximum absolute atomic E-state index is 12.5. The van der Waals surface area contributed by atoms with Gasteiger partial charge < -0.3 is 19.0 Å². The van der Waals surface area contributed by atoms with Crippen molar-refractivity contribution < 1.29 is 9.47 Å². The SMILES string of the molecule is Cc1sc2nc(CSc3nnc(C4COc5ccccc5O4)n3C)[nH]c(=O)c2c1C. The monoisotopic (exact) mass is 441 g/mol. The molecule has 1 aromatic carbocycles. The first-order chi connectivity index (χ1) is 14.5. The van der Waals surface area contributed by atoms with Gasteiger partial charge in [-0.05, 0) is 31.5 Å². The summed E-state index contributed by atoms with van der Waals surface area (Å²) in [5.41, 5.74) is 0.902. The topological polar surface area (TPSA) is 94.9 Å². The van der Waals surface area contributed by atoms with Gasteiger partial charge in [0.2, 0.25) is 0 Å². The van der Waals surface area contributed by atoms with E-state index in [-0.39, 0.29) is 11.7 Å². The molecular formula is C20H19N5O3S2. The summed E-state index contributed by atoms with van der Waals surface area (Å²) in [6, 6.07) is 7.57. The quantitative estimate of drug-likeness (QED) is 0.484. The molecule has 1 aliphatic rings. The Morgan fingerprint density at radius 3 is 2.90 bits per heavy atom. The molecule has 0 radical (unpaired) electrons. The lowest BCUT2D eigenvalue weighted by Crippen LogP contribution is -2.24. The van der Waals surface area contributed by atoms with Crippen molar-refractivity contribution in [3.63, 3.8) is 0 Å². The molecule has 5 rings (SSSR count). The van der Waals surface area contributed by atoms with E-state index in [0.29, 0.717) is 40.3 Å². The van der Waals surface area contributed by atoms with E-state index in [4.69, 9.17) is 9.47 Å². The minimum Gasteiger partial charge on any atom is -0.485 e. The van der Waals surface area contributed by atoms with Gasteiger partial charge in [0.05, 0.1) is 11.1 Å². The maximum Gasteiger partial charge on any atom is 0.259 e. The summed E-state index contributed by atoms with van der Waals surface area (Å²) in [7, 11) is 1.90. The molecule has 0 aliphatic carbocycles. The smallest absolute Gasteiger partial charge is 0.259 e. The molecular weight excluding hydrogens is 422 g/mol. The van der Waals surface area contributed by atoms with Crippen LogP contribution in [0.2, 0.25) is 0 Å². The second kappa shape index (κ2) is 7.44. The van der Waals surface area contributed by atoms with Crippen LogP contribution in [0.15, 0.2) is 34.2 Å². The Bertz CT molecular complexity index is 1310. The Hall–Kier alpha value is -2.85. The van der Waals surface area contributed by atoms with Crippen LogP contribution in [0.5, 0.6) is 11.5 Å². The van der Waals surface area contributed by atoms with Gasteiger partial charge in [0.25, 0.3) is 5.56 Å². The molecule has 0 saturated carbocycles. The average Bonchev–Trinajstić information content (AvgIpc) is 3.25. The van der Waals surface area contributed by atoms with E-state index in [2.05, 4.69) is 20.2 Å². The van der Waals surface area contributed by atoms with Gasteiger partial charge >= 0.3 is 0 Å². The van der Waals surface area contributed by atoms with Gasteiger partial charge in [-0.15, -0.1) is 21.5 Å². The molecule has 154 valence electrons. The summed E-state index contributed by atoms with van der Waals surface area (Å²) in [5, 5.41) is 9.99. The van der Waals surface area contributed by atoms with E-state index >= 15 is 0 Å². The summed E-state index contributed by atoms with van der Waals surface area (Å²) in [6.45, 7) is 4.33. The molecule has 0 amide bonds. The molecule has 4 aromatic rings. The Kier molecular flexibility index (Phi) is 4.75. The Morgan fingerprint density at radius 2 is 2.07 bits per heavy atom. The number of fused-ring (bicyclic) bond motifs is 2. The molecule has 8 nitrogen and oxygen atoms in total. The predicted octanol–water partition coefficient (Wildman–Crippen LogP) is 3.53. The maximum atomic E-state index is 12.5. The van der Waals surface area contributed by atoms with Crippen LogP contribution in [0.25, 0.3) is 10.2 Å². The summed E-state index contributed by atoms with van der Waals surface area (Å²) in [4.78, 5) is 21.9. The third-order valence-electron chi connectivity index (χ3n) is 5.09. The highest BCUT2D eigenvalue weighted by molar-refractivity contribution is 7.98. The first-order valence-electron chi connectivity index (χ1n) is 9.40. The molecule has 0 saturated heterocycles. The molecule has 1 aliphatic heterocycles. The highest BCUT2D eigenvalue weighted by Gasteiger charge is 2.27. The lowest BCUT2D eigenvalue weighted by molar-refractivity contribution is 0.0825. The van der Waals surface area contributed by atoms with Crippen LogP contribution in [0.1, 0.15) is 28.2 Å². The van der Waals surface area contributed by atoms with Gasteiger partial charge in [0.1, 0.15) is 17.3 Å². The lowest BCUT2D eigenvalue weighted by atomic mass is 10.2. The first-order valence-corrected chi connectivity index (χ1v) is 11.2. The molecule has 0 bridgehead atoms. The Balaban J connectivity index is 1.34. The number of aromatic amines is 1. The van der Waals surface area contributed by atoms with Crippen molar-refractivity contribution in [1.82, 2.24) is 24.7 Å². The van der Waals surface area contributed by atoms with E-state index in [0.717, 1.165) is 21.0 Å². The van der Waals surface area contributed by atoms with Crippen LogP contribution in [0, 0.1) is 13.8 Å². The number of benzene rings is 1. The molecule has 3 aromatic heterocycles. The van der Waals surface area contributed by atoms with Gasteiger partial charge in [-0.25, -0.2) is 4.98 Å². The van der Waals surface area contributed by atoms with Crippen molar-refractivity contribution in [1.29, 1.82) is 0 Å². The largest absolute Gasteiger partial charge is 0.485 e. The van der Waals surface area contributed by atoms with Crippen LogP contribution in [0.4, 0.5) is 0 Å². The zero-order chi connectivity index (χ0) is 20.8. The van der Waals surface area contributed by atoms with Crippen molar-refractivity contribution in [3.05, 3.63) is 56.7 Å². The zero-order valence-corrected chi connectivity index (χ0v) is 18.3. The van der Waals surface area contributed by atoms with Crippen LogP contribution in [0.3, 0.4) is 0 Å². The number of hydrogen-bond donors (Lipinski definition) is 1. The van der Waals surface area contributed by atoms with Gasteiger partial charge in [-0.1, -0.05) is 23.9 Å². The standard InChI is InChI=1S/C20H19N5O3S2/c1-10-11(2)30-19-16(10)18(26)21-15(22-19)9-29-20-24-23-17(25(20)3)14-8-27-12-6-4-5-7-13(12)28-14/h4-7,14H,8-9H2,1-3H3,(H,21,22,26). The van der Waals surface area contributed by atoms with Crippen molar-refractivity contribution in [2.24, 2.45) is 7.05 Å². The Labute approximate surface area is 180 Å². The molecule has 1 unspecified atom stereocenters. The van der Waals surface area contributed by atoms with Gasteiger partial charge in [-0.3, -0.25) is 4.79 Å². The minimum absolute atomic E-state index is 0.0949. The van der Waals surface area contributed by atoms with Crippen molar-refractivity contribution in [2.45, 2.75) is 30.9 Å². The summed E-state index contributed by atoms with van der Waals surface area (Å²) in [6.07, 6.45) is -0.335. The van der Waals surface area contributed by atoms with Crippen LogP contribution >= 0.6 is 23.1 Å². The average molecular weight is 442 g/mol. The van der Waals surface area contributed by atoms with E-state index < -0.39 is 0 Å². The second-order valence-electron chi connectivity index (χ2n) is 7.03. The molecule has 30 heavy (non-hydrogen) atoms. The highest BCUT2D eigenvalue weighted by Crippen LogP contribution is 2.36. The fourth-order valence-electron chi connectivity index (χ4n) is 3.38. The van der Waals surface area contributed by atoms with Crippen molar-refractivity contribution in [3.8, 4) is 11.5 Å². The fourth-order valence-corrected chi connectivity index (χ4v) is 5.22. The summed E-state index contributed by atoms with van der Waals surface area (Å²) in [5.74, 6) is 3.22. The predicted molar refractivity (Wildman–Crippen MR) is 116 cm³/mol. The van der Waals surface area contributed by atoms with E-state index in [1.165, 1.54) is 11.8 Å². The molecule has 10 heteroatoms. The number of rotatable bonds is 4. The zero-order valence-electron chi connectivity index (χ0n) is 16.6. The number of thiophene rings is 1. The fraction of sp³-hybridized carbons (Fsp3) is 0.300. The molecule has 0 spiro atoms. The van der Waals surface area contributed by atoms with Crippen molar-refractivity contribution in [2.75, 3.05) is 6.61 Å². The van der Waals surface area contributed by atoms with Crippen molar-refractivity contribution >= 4 is 33.3 Å². The minimum atomic E-state index is -0.335. The summed E-state index contributed by atoms with van der Waals surface area (Å²) >= 11 is 3.01. The van der Waals surface area contributed by atoms with Gasteiger partial charge in [0, 0.05) is 11.9 Å². The molecule has 0 fully saturated rings. The van der Waals surface area contributed by atoms with E-state index in [1.54, 1.807) is 11.3 Å². The third kappa shape index (κ3) is 3.25. The van der Waals surface area contributed by atoms with Gasteiger partial charge in [0.15, 0.2) is 28.6 Å². The van der Waals surface area contributed by atoms with Crippen LogP contribution in [-0.4, -0.2) is 31.3 Å². The van der Waals surface area contributed by atoms with E-state index in [9.17, 15) is 4.79 Å². The molecule has 1 atom stereocenters. The third-order valence-corrected chi connectivity index (χ3v) is 7.22. The highest BCUT2D eigenvalue weighted by atomic mass is 32.2. The number of para-hydroxylation sites is 2. The first kappa shape index (κ1) is 19.1. The van der Waals surface area contributed by atoms with Crippen LogP contribution < -0.4 is 15.0 Å². The van der Waals surface area contributed by atoms with Crippen LogP contribution in [-0.2, 0) is 12.8 Å². The summed E-state index contributed by atoms with van der Waals surface area (Å²) < 4.78 is 13.7.